The average Bonchev–Trinajstić information content (AvgIpc) is 1.58. The molecule has 0 fully saturated rings. The second kappa shape index (κ2) is 20.7. The maximum Gasteiger partial charge on any atom is 0.145 e. The summed E-state index contributed by atoms with van der Waals surface area (Å²) in [4.78, 5) is 0. The zero-order valence-corrected chi connectivity index (χ0v) is 50.4. The van der Waals surface area contributed by atoms with E-state index in [9.17, 15) is 10.5 Å². The Kier molecular flexibility index (Phi) is 11.6. The fourth-order valence-corrected chi connectivity index (χ4v) is 15.2. The van der Waals surface area contributed by atoms with Crippen molar-refractivity contribution >= 4 is 131 Å². The van der Waals surface area contributed by atoms with E-state index in [1.54, 1.807) is 0 Å². The van der Waals surface area contributed by atoms with Gasteiger partial charge in [0.15, 0.2) is 0 Å². The van der Waals surface area contributed by atoms with Gasteiger partial charge in [-0.1, -0.05) is 194 Å². The first-order valence-electron chi connectivity index (χ1n) is 31.5. The summed E-state index contributed by atoms with van der Waals surface area (Å²) in [5, 5.41) is 35.0. The highest BCUT2D eigenvalue weighted by Gasteiger charge is 2.24. The van der Waals surface area contributed by atoms with Gasteiger partial charge < -0.3 is 27.1 Å². The Balaban J connectivity index is 0.000000133. The Morgan fingerprint density at radius 1 is 0.234 bits per heavy atom. The number of rotatable bonds is 6. The van der Waals surface area contributed by atoms with Crippen molar-refractivity contribution in [1.82, 2.24) is 18.3 Å². The molecule has 0 saturated heterocycles. The fraction of sp³-hybridized carbons (Fsp3) is 0. The van der Waals surface area contributed by atoms with E-state index in [1.165, 1.54) is 21.5 Å². The molecule has 0 aliphatic heterocycles. The lowest BCUT2D eigenvalue weighted by atomic mass is 10.00. The highest BCUT2D eigenvalue weighted by atomic mass is 16.3. The van der Waals surface area contributed by atoms with Crippen LogP contribution < -0.4 is 0 Å². The minimum absolute atomic E-state index is 0.604. The van der Waals surface area contributed by atoms with Gasteiger partial charge in [-0.2, -0.15) is 10.5 Å². The van der Waals surface area contributed by atoms with Crippen LogP contribution in [0.5, 0.6) is 0 Å². The van der Waals surface area contributed by atoms with Gasteiger partial charge in [-0.3, -0.25) is 0 Å². The molecule has 0 N–H and O–H groups in total. The molecule has 0 bridgehead atoms. The molecule has 20 aromatic rings. The molecule has 436 valence electrons. The van der Waals surface area contributed by atoms with Crippen LogP contribution in [0.3, 0.4) is 0 Å². The van der Waals surface area contributed by atoms with Crippen LogP contribution in [0, 0.1) is 22.7 Å². The number of benzene rings is 14. The quantitative estimate of drug-likeness (QED) is 0.166. The average molecular weight is 1200 g/mol. The Labute approximate surface area is 537 Å². The minimum Gasteiger partial charge on any atom is -0.456 e. The molecule has 0 aliphatic carbocycles. The number of nitrogens with zero attached hydrogens (tertiary/aromatic N) is 6. The molecule has 0 atom stereocenters. The third-order valence-corrected chi connectivity index (χ3v) is 19.1. The van der Waals surface area contributed by atoms with Crippen LogP contribution in [0.2, 0.25) is 0 Å². The standard InChI is InChI=1S/2C43H25N3O/c44-26-28-25-27(29-11-1-6-16-36(29)46-37-17-7-2-12-30(37)31-13-3-8-18-38(31)46)21-23-35(28)45-39-19-9-4-15-34(39)42-40(45)24-22-33-32-14-5-10-20-41(32)47-43(33)42;44-26-28-25-27(29-11-1-6-16-35(29)46-36-17-7-2-12-30(36)31-13-3-8-18-37(31)46)21-22-34(28)45-38-19-9-4-14-32(38)42-39(45)23-24-41-43(42)33-15-5-10-20-40(33)47-41/h2*1-25H. The van der Waals surface area contributed by atoms with E-state index < -0.39 is 0 Å². The first-order chi connectivity index (χ1) is 46.6. The lowest BCUT2D eigenvalue weighted by Crippen LogP contribution is -2.00. The van der Waals surface area contributed by atoms with E-state index in [4.69, 9.17) is 8.83 Å². The van der Waals surface area contributed by atoms with Crippen LogP contribution in [0.15, 0.2) is 312 Å². The van der Waals surface area contributed by atoms with Crippen molar-refractivity contribution in [2.24, 2.45) is 0 Å². The van der Waals surface area contributed by atoms with E-state index in [-0.39, 0.29) is 0 Å². The van der Waals surface area contributed by atoms with E-state index in [2.05, 4.69) is 291 Å². The summed E-state index contributed by atoms with van der Waals surface area (Å²) in [5.41, 5.74) is 21.4. The van der Waals surface area contributed by atoms with Crippen LogP contribution in [0.1, 0.15) is 11.1 Å². The number of aromatic nitrogens is 4. The Bertz CT molecular complexity index is 6550. The van der Waals surface area contributed by atoms with E-state index in [1.807, 2.05) is 42.5 Å². The van der Waals surface area contributed by atoms with Gasteiger partial charge in [-0.25, -0.2) is 0 Å². The molecule has 14 aromatic carbocycles. The van der Waals surface area contributed by atoms with Gasteiger partial charge in [0, 0.05) is 70.4 Å². The number of nitriles is 2. The van der Waals surface area contributed by atoms with Crippen molar-refractivity contribution < 1.29 is 8.83 Å². The molecule has 20 rings (SSSR count). The van der Waals surface area contributed by atoms with Crippen LogP contribution in [-0.4, -0.2) is 18.3 Å². The van der Waals surface area contributed by atoms with E-state index in [0.29, 0.717) is 11.1 Å². The van der Waals surface area contributed by atoms with Gasteiger partial charge in [0.2, 0.25) is 0 Å². The summed E-state index contributed by atoms with van der Waals surface area (Å²) in [6.07, 6.45) is 0. The molecular weight excluding hydrogens is 1150 g/mol. The maximum atomic E-state index is 10.7. The minimum atomic E-state index is 0.604. The second-order valence-electron chi connectivity index (χ2n) is 24.0. The summed E-state index contributed by atoms with van der Waals surface area (Å²) < 4.78 is 21.9. The number of para-hydroxylation sites is 10. The van der Waals surface area contributed by atoms with E-state index in [0.717, 1.165) is 155 Å². The van der Waals surface area contributed by atoms with Crippen molar-refractivity contribution in [3.63, 3.8) is 0 Å². The zero-order valence-electron chi connectivity index (χ0n) is 50.4. The topological polar surface area (TPSA) is 93.6 Å². The van der Waals surface area contributed by atoms with Gasteiger partial charge in [-0.05, 0) is 120 Å². The van der Waals surface area contributed by atoms with Crippen LogP contribution in [0.25, 0.3) is 176 Å². The summed E-state index contributed by atoms with van der Waals surface area (Å²) in [6.45, 7) is 0. The first-order valence-corrected chi connectivity index (χ1v) is 31.5. The molecule has 0 radical (unpaired) electrons. The molecule has 0 amide bonds. The number of fused-ring (bicyclic) bond motifs is 20. The summed E-state index contributed by atoms with van der Waals surface area (Å²) in [6, 6.07) is 110. The van der Waals surface area contributed by atoms with Crippen molar-refractivity contribution in [3.8, 4) is 57.1 Å². The van der Waals surface area contributed by atoms with Crippen LogP contribution >= 0.6 is 0 Å². The third-order valence-electron chi connectivity index (χ3n) is 19.1. The molecule has 0 saturated carbocycles. The van der Waals surface area contributed by atoms with Gasteiger partial charge in [0.25, 0.3) is 0 Å². The van der Waals surface area contributed by atoms with Gasteiger partial charge in [-0.15, -0.1) is 0 Å². The summed E-state index contributed by atoms with van der Waals surface area (Å²) >= 11 is 0. The van der Waals surface area contributed by atoms with Gasteiger partial charge in [0.05, 0.1) is 83.4 Å². The first kappa shape index (κ1) is 52.8. The highest BCUT2D eigenvalue weighted by molar-refractivity contribution is 6.28. The van der Waals surface area contributed by atoms with Crippen molar-refractivity contribution in [2.75, 3.05) is 0 Å². The predicted molar refractivity (Wildman–Crippen MR) is 385 cm³/mol. The molecular formula is C86H50N6O2. The van der Waals surface area contributed by atoms with Gasteiger partial charge >= 0.3 is 0 Å². The summed E-state index contributed by atoms with van der Waals surface area (Å²) in [5.74, 6) is 0. The molecule has 94 heavy (non-hydrogen) atoms. The lowest BCUT2D eigenvalue weighted by molar-refractivity contribution is 0.669. The SMILES string of the molecule is N#Cc1cc(-c2ccccc2-n2c3ccccc3c3ccccc32)ccc1-n1c2ccccc2c2c3c(ccc21)oc1ccccc13.N#Cc1cc(-c2ccccc2-n2c3ccccc3c3ccccc32)ccc1-n1c2ccccc2c2c3oc4ccccc4c3ccc21. The smallest absolute Gasteiger partial charge is 0.145 e. The third kappa shape index (κ3) is 7.72. The molecule has 6 aromatic heterocycles. The molecule has 0 spiro atoms. The van der Waals surface area contributed by atoms with Gasteiger partial charge in [0.1, 0.15) is 34.5 Å². The Morgan fingerprint density at radius 2 is 0.596 bits per heavy atom. The van der Waals surface area contributed by atoms with Crippen LogP contribution in [0.4, 0.5) is 0 Å². The Hall–Kier alpha value is -13.1. The maximum absolute atomic E-state index is 10.7. The molecule has 6 heterocycles. The molecule has 0 unspecified atom stereocenters. The van der Waals surface area contributed by atoms with Crippen molar-refractivity contribution in [2.45, 2.75) is 0 Å². The number of hydrogen-bond acceptors (Lipinski definition) is 4. The monoisotopic (exact) mass is 1200 g/mol. The predicted octanol–water partition coefficient (Wildman–Crippen LogP) is 22.6. The lowest BCUT2D eigenvalue weighted by Gasteiger charge is -2.16. The fourth-order valence-electron chi connectivity index (χ4n) is 15.2. The molecule has 0 aliphatic rings. The van der Waals surface area contributed by atoms with Crippen molar-refractivity contribution in [3.05, 3.63) is 314 Å². The molecule has 8 nitrogen and oxygen atoms in total. The number of furan rings is 2. The van der Waals surface area contributed by atoms with Crippen molar-refractivity contribution in [1.29, 1.82) is 10.5 Å². The van der Waals surface area contributed by atoms with E-state index >= 15 is 0 Å². The van der Waals surface area contributed by atoms with Crippen LogP contribution in [-0.2, 0) is 0 Å². The summed E-state index contributed by atoms with van der Waals surface area (Å²) in [7, 11) is 0. The molecule has 8 heteroatoms. The number of hydrogen-bond donors (Lipinski definition) is 0. The highest BCUT2D eigenvalue weighted by Crippen LogP contribution is 2.46. The second-order valence-corrected chi connectivity index (χ2v) is 24.0. The zero-order chi connectivity index (χ0) is 62.1. The Morgan fingerprint density at radius 3 is 1.09 bits per heavy atom. The largest absolute Gasteiger partial charge is 0.456 e. The normalized spacial score (nSPS) is 11.8.